The van der Waals surface area contributed by atoms with Crippen LogP contribution in [0.15, 0.2) is 29.2 Å². The van der Waals surface area contributed by atoms with Crippen molar-refractivity contribution in [1.29, 1.82) is 0 Å². The number of nitrogens with zero attached hydrogens (tertiary/aromatic N) is 4. The van der Waals surface area contributed by atoms with E-state index in [1.807, 2.05) is 4.90 Å². The van der Waals surface area contributed by atoms with E-state index >= 15 is 0 Å². The number of aromatic nitrogens is 2. The number of hydrogen-bond acceptors (Lipinski definition) is 5. The van der Waals surface area contributed by atoms with E-state index < -0.39 is 0 Å². The van der Waals surface area contributed by atoms with Gasteiger partial charge in [-0.1, -0.05) is 24.6 Å². The minimum Gasteiger partial charge on any atom is -0.378 e. The monoisotopic (exact) mass is 494 g/mol. The van der Waals surface area contributed by atoms with E-state index in [9.17, 15) is 9.59 Å². The normalized spacial score (nSPS) is 24.6. The molecule has 2 aromatic rings. The maximum atomic E-state index is 13.6. The molecular formula is C27H34N4O3S. The van der Waals surface area contributed by atoms with Crippen LogP contribution < -0.4 is 0 Å². The number of thioether (sulfide) groups is 1. The fourth-order valence-corrected chi connectivity index (χ4v) is 7.23. The highest BCUT2D eigenvalue weighted by atomic mass is 32.2. The summed E-state index contributed by atoms with van der Waals surface area (Å²) in [6.07, 6.45) is 7.26. The molecule has 35 heavy (non-hydrogen) atoms. The molecule has 0 radical (unpaired) electrons. The standard InChI is InChI=1S/C27H34N4O3S/c32-26(29-11-4-1-5-12-29)19-7-6-8-20(17-19)31-25-21-9-2-3-10-23(21)35-18-22(25)24(28-31)27(33)30-13-15-34-16-14-30/h2-3,9-10,19-20H,1,4-8,11-18H2. The third-order valence-corrected chi connectivity index (χ3v) is 9.13. The first-order valence-corrected chi connectivity index (χ1v) is 14.2. The molecule has 0 bridgehead atoms. The number of benzene rings is 1. The molecule has 1 saturated carbocycles. The highest BCUT2D eigenvalue weighted by Gasteiger charge is 2.37. The minimum atomic E-state index is 0.0139. The number of rotatable bonds is 3. The van der Waals surface area contributed by atoms with E-state index in [0.29, 0.717) is 37.9 Å². The van der Waals surface area contributed by atoms with E-state index in [0.717, 1.165) is 74.2 Å². The Morgan fingerprint density at radius 2 is 1.74 bits per heavy atom. The molecule has 2 atom stereocenters. The Morgan fingerprint density at radius 3 is 2.57 bits per heavy atom. The Morgan fingerprint density at radius 1 is 0.943 bits per heavy atom. The summed E-state index contributed by atoms with van der Waals surface area (Å²) in [6, 6.07) is 8.59. The summed E-state index contributed by atoms with van der Waals surface area (Å²) < 4.78 is 7.61. The maximum absolute atomic E-state index is 13.6. The van der Waals surface area contributed by atoms with Crippen LogP contribution in [0.25, 0.3) is 11.3 Å². The number of ether oxygens (including phenoxy) is 1. The molecule has 0 N–H and O–H groups in total. The molecule has 3 aliphatic heterocycles. The maximum Gasteiger partial charge on any atom is 0.274 e. The number of carbonyl (C=O) groups is 2. The van der Waals surface area contributed by atoms with Gasteiger partial charge < -0.3 is 14.5 Å². The van der Waals surface area contributed by atoms with Crippen molar-refractivity contribution >= 4 is 23.6 Å². The Labute approximate surface area is 211 Å². The molecule has 1 aromatic carbocycles. The molecule has 6 rings (SSSR count). The van der Waals surface area contributed by atoms with Crippen molar-refractivity contribution in [2.45, 2.75) is 61.6 Å². The summed E-state index contributed by atoms with van der Waals surface area (Å²) in [5.74, 6) is 1.15. The van der Waals surface area contributed by atoms with Gasteiger partial charge in [-0.15, -0.1) is 11.8 Å². The highest BCUT2D eigenvalue weighted by Crippen LogP contribution is 2.46. The van der Waals surface area contributed by atoms with Crippen LogP contribution in [0.4, 0.5) is 0 Å². The van der Waals surface area contributed by atoms with Crippen LogP contribution in [-0.2, 0) is 15.3 Å². The van der Waals surface area contributed by atoms with E-state index in [4.69, 9.17) is 9.84 Å². The highest BCUT2D eigenvalue weighted by molar-refractivity contribution is 7.98. The van der Waals surface area contributed by atoms with Crippen molar-refractivity contribution in [3.05, 3.63) is 35.5 Å². The molecule has 7 nitrogen and oxygen atoms in total. The lowest BCUT2D eigenvalue weighted by atomic mass is 9.84. The predicted molar refractivity (Wildman–Crippen MR) is 135 cm³/mol. The molecule has 0 spiro atoms. The summed E-state index contributed by atoms with van der Waals surface area (Å²) in [4.78, 5) is 32.2. The molecule has 4 aliphatic rings. The second kappa shape index (κ2) is 9.97. The average molecular weight is 495 g/mol. The van der Waals surface area contributed by atoms with E-state index in [-0.39, 0.29) is 17.9 Å². The third kappa shape index (κ3) is 4.40. The first-order valence-electron chi connectivity index (χ1n) is 13.2. The van der Waals surface area contributed by atoms with Crippen LogP contribution in [0, 0.1) is 5.92 Å². The largest absolute Gasteiger partial charge is 0.378 e. The smallest absolute Gasteiger partial charge is 0.274 e. The zero-order valence-electron chi connectivity index (χ0n) is 20.3. The van der Waals surface area contributed by atoms with Crippen molar-refractivity contribution in [1.82, 2.24) is 19.6 Å². The van der Waals surface area contributed by atoms with E-state index in [1.165, 1.54) is 11.3 Å². The second-order valence-electron chi connectivity index (χ2n) is 10.2. The average Bonchev–Trinajstić information content (AvgIpc) is 3.33. The van der Waals surface area contributed by atoms with Crippen LogP contribution in [0.3, 0.4) is 0 Å². The summed E-state index contributed by atoms with van der Waals surface area (Å²) in [5.41, 5.74) is 3.90. The first-order chi connectivity index (χ1) is 17.2. The molecule has 1 aliphatic carbocycles. The Kier molecular flexibility index (Phi) is 6.58. The molecule has 2 amide bonds. The molecule has 186 valence electrons. The number of hydrogen-bond donors (Lipinski definition) is 0. The molecule has 2 unspecified atom stereocenters. The Bertz CT molecular complexity index is 1100. The van der Waals surface area contributed by atoms with E-state index in [1.54, 1.807) is 11.8 Å². The summed E-state index contributed by atoms with van der Waals surface area (Å²) in [5, 5.41) is 5.04. The van der Waals surface area contributed by atoms with Gasteiger partial charge >= 0.3 is 0 Å². The van der Waals surface area contributed by atoms with Crippen LogP contribution in [-0.4, -0.2) is 70.8 Å². The van der Waals surface area contributed by atoms with Crippen LogP contribution in [0.2, 0.25) is 0 Å². The quantitative estimate of drug-likeness (QED) is 0.634. The van der Waals surface area contributed by atoms with Gasteiger partial charge in [0, 0.05) is 53.9 Å². The van der Waals surface area contributed by atoms with Crippen LogP contribution in [0.1, 0.15) is 67.0 Å². The number of fused-ring (bicyclic) bond motifs is 3. The van der Waals surface area contributed by atoms with Gasteiger partial charge in [-0.2, -0.15) is 5.10 Å². The topological polar surface area (TPSA) is 67.7 Å². The summed E-state index contributed by atoms with van der Waals surface area (Å²) in [7, 11) is 0. The van der Waals surface area contributed by atoms with Crippen molar-refractivity contribution < 1.29 is 14.3 Å². The Hall–Kier alpha value is -2.32. The molecule has 4 heterocycles. The van der Waals surface area contributed by atoms with Gasteiger partial charge in [-0.25, -0.2) is 0 Å². The third-order valence-electron chi connectivity index (χ3n) is 8.03. The van der Waals surface area contributed by atoms with E-state index in [2.05, 4.69) is 33.8 Å². The Balaban J connectivity index is 1.34. The summed E-state index contributed by atoms with van der Waals surface area (Å²) >= 11 is 1.78. The molecular weight excluding hydrogens is 460 g/mol. The molecule has 2 saturated heterocycles. The van der Waals surface area contributed by atoms with Gasteiger partial charge in [-0.3, -0.25) is 14.3 Å². The fraction of sp³-hybridized carbons (Fsp3) is 0.593. The van der Waals surface area contributed by atoms with Gasteiger partial charge in [0.05, 0.1) is 24.9 Å². The lowest BCUT2D eigenvalue weighted by Crippen LogP contribution is -2.41. The predicted octanol–water partition coefficient (Wildman–Crippen LogP) is 4.37. The number of piperidine rings is 1. The van der Waals surface area contributed by atoms with Crippen LogP contribution >= 0.6 is 11.8 Å². The van der Waals surface area contributed by atoms with Crippen LogP contribution in [0.5, 0.6) is 0 Å². The summed E-state index contributed by atoms with van der Waals surface area (Å²) in [6.45, 7) is 4.18. The number of morpholine rings is 1. The first kappa shape index (κ1) is 23.1. The molecule has 3 fully saturated rings. The minimum absolute atomic E-state index is 0.0139. The SMILES string of the molecule is O=C(c1nn(C2CCCC(C(=O)N3CCCCC3)C2)c2c1CSc1ccccc1-2)N1CCOCC1. The van der Waals surface area contributed by atoms with Gasteiger partial charge in [0.15, 0.2) is 5.69 Å². The van der Waals surface area contributed by atoms with Crippen molar-refractivity contribution in [3.8, 4) is 11.3 Å². The van der Waals surface area contributed by atoms with Crippen molar-refractivity contribution in [2.75, 3.05) is 39.4 Å². The fourth-order valence-electron chi connectivity index (χ4n) is 6.16. The zero-order chi connectivity index (χ0) is 23.8. The molecule has 1 aromatic heterocycles. The zero-order valence-corrected chi connectivity index (χ0v) is 21.1. The number of carbonyl (C=O) groups excluding carboxylic acids is 2. The number of amides is 2. The lowest BCUT2D eigenvalue weighted by molar-refractivity contribution is -0.138. The molecule has 8 heteroatoms. The van der Waals surface area contributed by atoms with Gasteiger partial charge in [0.1, 0.15) is 0 Å². The number of likely N-dealkylation sites (tertiary alicyclic amines) is 1. The second-order valence-corrected chi connectivity index (χ2v) is 11.2. The van der Waals surface area contributed by atoms with Crippen molar-refractivity contribution in [3.63, 3.8) is 0 Å². The van der Waals surface area contributed by atoms with Gasteiger partial charge in [0.2, 0.25) is 5.91 Å². The van der Waals surface area contributed by atoms with Gasteiger partial charge in [-0.05, 0) is 44.6 Å². The van der Waals surface area contributed by atoms with Crippen molar-refractivity contribution in [2.24, 2.45) is 5.92 Å². The van der Waals surface area contributed by atoms with Gasteiger partial charge in [0.25, 0.3) is 5.91 Å². The lowest BCUT2D eigenvalue weighted by Gasteiger charge is -2.35.